The van der Waals surface area contributed by atoms with Crippen molar-refractivity contribution >= 4 is 45.8 Å². The molecule has 0 spiro atoms. The number of benzene rings is 1. The average molecular weight is 975 g/mol. The fourth-order valence-electron chi connectivity index (χ4n) is 16.0. The van der Waals surface area contributed by atoms with Gasteiger partial charge in [0.1, 0.15) is 0 Å². The molecule has 2 aromatic rings. The zero-order valence-electron chi connectivity index (χ0n) is 41.3. The summed E-state index contributed by atoms with van der Waals surface area (Å²) < 4.78 is 2.71. The molecule has 0 bridgehead atoms. The van der Waals surface area contributed by atoms with E-state index in [0.29, 0.717) is 35.6 Å². The highest BCUT2D eigenvalue weighted by Gasteiger charge is 2.48. The van der Waals surface area contributed by atoms with E-state index >= 15 is 0 Å². The van der Waals surface area contributed by atoms with Crippen molar-refractivity contribution in [3.63, 3.8) is 0 Å². The molecule has 0 saturated carbocycles. The normalized spacial score (nSPS) is 36.0. The van der Waals surface area contributed by atoms with Gasteiger partial charge in [-0.25, -0.2) is 0 Å². The number of rotatable bonds is 6. The van der Waals surface area contributed by atoms with Crippen molar-refractivity contribution in [1.29, 1.82) is 0 Å². The minimum atomic E-state index is 0.0772. The summed E-state index contributed by atoms with van der Waals surface area (Å²) in [5.74, 6) is 3.08. The highest BCUT2D eigenvalue weighted by atomic mass is 32.2. The smallest absolute Gasteiger partial charge is 0.0826 e. The number of aromatic nitrogens is 1. The zero-order chi connectivity index (χ0) is 46.7. The van der Waals surface area contributed by atoms with Crippen molar-refractivity contribution in [2.75, 3.05) is 0 Å². The van der Waals surface area contributed by atoms with Gasteiger partial charge in [-0.15, -0.1) is 11.8 Å². The molecule has 11 unspecified atom stereocenters. The van der Waals surface area contributed by atoms with Crippen LogP contribution in [0.1, 0.15) is 120 Å². The first-order valence-electron chi connectivity index (χ1n) is 28.0. The fraction of sp³-hybridized carbons (Fsp3) is 0.460. The predicted octanol–water partition coefficient (Wildman–Crippen LogP) is 13.7. The Morgan fingerprint density at radius 2 is 1.66 bits per heavy atom. The molecule has 5 heterocycles. The van der Waals surface area contributed by atoms with Crippen LogP contribution in [0.25, 0.3) is 22.3 Å². The third kappa shape index (κ3) is 7.29. The molecule has 364 valence electrons. The van der Waals surface area contributed by atoms with Crippen LogP contribution >= 0.6 is 23.5 Å². The molecule has 1 saturated heterocycles. The van der Waals surface area contributed by atoms with E-state index in [-0.39, 0.29) is 24.4 Å². The summed E-state index contributed by atoms with van der Waals surface area (Å²) in [7, 11) is 0. The van der Waals surface area contributed by atoms with Crippen molar-refractivity contribution in [2.24, 2.45) is 41.2 Å². The molecule has 1 fully saturated rings. The summed E-state index contributed by atoms with van der Waals surface area (Å²) in [6.45, 7) is 0. The van der Waals surface area contributed by atoms with Gasteiger partial charge in [0.2, 0.25) is 0 Å². The van der Waals surface area contributed by atoms with E-state index < -0.39 is 0 Å². The van der Waals surface area contributed by atoms with Crippen LogP contribution < -0.4 is 21.7 Å². The number of hydrogen-bond donors (Lipinski definition) is 4. The van der Waals surface area contributed by atoms with Gasteiger partial charge in [0.25, 0.3) is 0 Å². The molecule has 1 aromatic carbocycles. The molecule has 13 aliphatic rings. The fourth-order valence-corrected chi connectivity index (χ4v) is 19.0. The van der Waals surface area contributed by atoms with E-state index in [0.717, 1.165) is 55.9 Å². The molecule has 15 rings (SSSR count). The van der Waals surface area contributed by atoms with Crippen molar-refractivity contribution < 1.29 is 0 Å². The lowest BCUT2D eigenvalue weighted by atomic mass is 9.74. The third-order valence-electron chi connectivity index (χ3n) is 19.3. The predicted molar refractivity (Wildman–Crippen MR) is 297 cm³/mol. The maximum atomic E-state index is 7.61. The molecule has 8 heteroatoms. The van der Waals surface area contributed by atoms with Gasteiger partial charge in [0.15, 0.2) is 0 Å². The topological polar surface area (TPSA) is 70.3 Å². The minimum Gasteiger partial charge on any atom is -0.397 e. The Morgan fingerprint density at radius 1 is 0.732 bits per heavy atom. The molecular formula is C63H70N6S2. The summed E-state index contributed by atoms with van der Waals surface area (Å²) in [6.07, 6.45) is 56.1. The van der Waals surface area contributed by atoms with Crippen LogP contribution in [0.4, 0.5) is 0 Å². The molecule has 1 aromatic heterocycles. The third-order valence-corrected chi connectivity index (χ3v) is 22.2. The van der Waals surface area contributed by atoms with Crippen LogP contribution in [0.3, 0.4) is 0 Å². The second-order valence-electron chi connectivity index (χ2n) is 23.0. The monoisotopic (exact) mass is 975 g/mol. The van der Waals surface area contributed by atoms with Crippen LogP contribution in [0, 0.1) is 35.5 Å². The summed E-state index contributed by atoms with van der Waals surface area (Å²) in [6, 6.07) is 9.71. The van der Waals surface area contributed by atoms with Crippen LogP contribution in [-0.2, 0) is 6.42 Å². The van der Waals surface area contributed by atoms with E-state index in [4.69, 9.17) is 5.73 Å². The number of para-hydroxylation sites is 1. The van der Waals surface area contributed by atoms with Gasteiger partial charge >= 0.3 is 0 Å². The minimum absolute atomic E-state index is 0.0772. The molecule has 0 amide bonds. The molecule has 71 heavy (non-hydrogen) atoms. The zero-order valence-corrected chi connectivity index (χ0v) is 42.9. The van der Waals surface area contributed by atoms with Crippen molar-refractivity contribution in [3.05, 3.63) is 175 Å². The number of nitrogens with one attached hydrogen (secondary N) is 3. The maximum absolute atomic E-state index is 7.61. The van der Waals surface area contributed by atoms with Gasteiger partial charge < -0.3 is 15.2 Å². The van der Waals surface area contributed by atoms with E-state index in [2.05, 4.69) is 147 Å². The van der Waals surface area contributed by atoms with E-state index in [9.17, 15) is 0 Å². The lowest BCUT2D eigenvalue weighted by Gasteiger charge is -2.47. The SMILES string of the molecule is NC1=CC(C2NC(C3=CCC4SC5=C(CCCC5)C4C3)NC(C3=CC=CCC3C3CC=CCC3)N2)CC=C1N1C2=C(CCc3c2c2ccccc2n3C2=CC=C3SC4=C(CCC=C4)C3C2)C2C=CCCC21. The Hall–Kier alpha value is -4.44. The average Bonchev–Trinajstić information content (AvgIpc) is 4.19. The Labute approximate surface area is 430 Å². The maximum Gasteiger partial charge on any atom is 0.0826 e. The molecule has 4 aliphatic heterocycles. The molecule has 6 nitrogen and oxygen atoms in total. The first-order chi connectivity index (χ1) is 35.1. The van der Waals surface area contributed by atoms with Crippen molar-refractivity contribution in [2.45, 2.75) is 145 Å². The number of thioether (sulfide) groups is 2. The number of allylic oxidation sites excluding steroid dienone is 17. The Balaban J connectivity index is 0.763. The molecule has 0 radical (unpaired) electrons. The van der Waals surface area contributed by atoms with Gasteiger partial charge in [-0.3, -0.25) is 16.0 Å². The Morgan fingerprint density at radius 3 is 2.61 bits per heavy atom. The van der Waals surface area contributed by atoms with Crippen LogP contribution in [0.5, 0.6) is 0 Å². The highest BCUT2D eigenvalue weighted by molar-refractivity contribution is 8.07. The summed E-state index contributed by atoms with van der Waals surface area (Å²) >= 11 is 4.25. The standard InChI is InChI=1S/C63H70N6S2/c64-50-35-39(62-65-61(38-27-32-57-48(34-38)43-18-8-12-24-55(43)70-57)66-63(67-62)46-20-5-4-16-41(46)37-14-2-1-3-15-37)26-30-53(50)69-51-22-10-6-17-42(51)45-29-31-54-59(60(45)69)47-21-7-11-23-52(47)68(54)40-28-33-58-49(36-40)44-19-9-13-25-56(44)71-58/h1-2,4-7,11,13,17,20-21,23,25,27-28,30,33,35,37,39,41-42,48-49,51,57,61-63,65-67H,3,8-10,12,14-16,18-19,22,24,26,29,31-32,34,36,64H2. The van der Waals surface area contributed by atoms with Crippen LogP contribution in [0.15, 0.2) is 163 Å². The number of fused-ring (bicyclic) bond motifs is 10. The lowest BCUT2D eigenvalue weighted by molar-refractivity contribution is 0.182. The van der Waals surface area contributed by atoms with Crippen LogP contribution in [-0.4, -0.2) is 39.3 Å². The van der Waals surface area contributed by atoms with Gasteiger partial charge in [0, 0.05) is 56.3 Å². The summed E-state index contributed by atoms with van der Waals surface area (Å²) in [5.41, 5.74) is 25.2. The molecule has 5 N–H and O–H groups in total. The van der Waals surface area contributed by atoms with E-state index in [1.807, 2.05) is 17.3 Å². The van der Waals surface area contributed by atoms with Gasteiger partial charge in [-0.05, 0) is 184 Å². The molecule has 9 aliphatic carbocycles. The number of nitrogens with zero attached hydrogens (tertiary/aromatic N) is 2. The number of nitrogens with two attached hydrogens (primary N) is 1. The second kappa shape index (κ2) is 17.9. The second-order valence-corrected chi connectivity index (χ2v) is 25.5. The first-order valence-corrected chi connectivity index (χ1v) is 29.7. The highest BCUT2D eigenvalue weighted by Crippen LogP contribution is 2.58. The lowest BCUT2D eigenvalue weighted by Crippen LogP contribution is -2.70. The first kappa shape index (κ1) is 44.1. The van der Waals surface area contributed by atoms with E-state index in [1.165, 1.54) is 120 Å². The van der Waals surface area contributed by atoms with Crippen molar-refractivity contribution in [1.82, 2.24) is 25.4 Å². The van der Waals surface area contributed by atoms with Crippen molar-refractivity contribution in [3.8, 4) is 0 Å². The van der Waals surface area contributed by atoms with Gasteiger partial charge in [-0.2, -0.15) is 0 Å². The Bertz CT molecular complexity index is 3030. The molecule has 11 atom stereocenters. The Kier molecular flexibility index (Phi) is 11.1. The quantitative estimate of drug-likeness (QED) is 0.215. The van der Waals surface area contributed by atoms with Crippen LogP contribution in [0.2, 0.25) is 0 Å². The molecular weight excluding hydrogens is 905 g/mol. The van der Waals surface area contributed by atoms with Gasteiger partial charge in [-0.1, -0.05) is 108 Å². The van der Waals surface area contributed by atoms with E-state index in [1.54, 1.807) is 27.2 Å². The summed E-state index contributed by atoms with van der Waals surface area (Å²) in [4.78, 5) is 7.57. The van der Waals surface area contributed by atoms with Gasteiger partial charge in [0.05, 0.1) is 41.1 Å². The number of hydrogen-bond acceptors (Lipinski definition) is 7. The summed E-state index contributed by atoms with van der Waals surface area (Å²) in [5, 5.41) is 14.9. The largest absolute Gasteiger partial charge is 0.397 e.